The average molecular weight is 421 g/mol. The SMILES string of the molecule is Cl.Cl.O=C(CCc1ncc(-c2ccccc2Cl)o1)NCCC1CCNC1. The van der Waals surface area contributed by atoms with Crippen molar-refractivity contribution in [3.8, 4) is 11.3 Å². The van der Waals surface area contributed by atoms with Crippen molar-refractivity contribution in [2.45, 2.75) is 25.7 Å². The van der Waals surface area contributed by atoms with Crippen LogP contribution in [-0.2, 0) is 11.2 Å². The fourth-order valence-electron chi connectivity index (χ4n) is 2.90. The number of nitrogens with one attached hydrogen (secondary N) is 2. The number of aryl methyl sites for hydroxylation is 1. The topological polar surface area (TPSA) is 67.2 Å². The molecule has 1 unspecified atom stereocenters. The molecule has 1 aliphatic heterocycles. The van der Waals surface area contributed by atoms with E-state index in [2.05, 4.69) is 15.6 Å². The Hall–Kier alpha value is -1.27. The molecule has 0 saturated carbocycles. The summed E-state index contributed by atoms with van der Waals surface area (Å²) in [6.07, 6.45) is 4.76. The molecule has 26 heavy (non-hydrogen) atoms. The third-order valence-electron chi connectivity index (χ3n) is 4.30. The number of amides is 1. The van der Waals surface area contributed by atoms with Gasteiger partial charge in [-0.1, -0.05) is 23.7 Å². The maximum atomic E-state index is 11.9. The van der Waals surface area contributed by atoms with E-state index in [0.717, 1.165) is 31.6 Å². The van der Waals surface area contributed by atoms with Gasteiger partial charge in [0.15, 0.2) is 11.7 Å². The molecule has 5 nitrogen and oxygen atoms in total. The van der Waals surface area contributed by atoms with Crippen LogP contribution in [0.3, 0.4) is 0 Å². The van der Waals surface area contributed by atoms with Gasteiger partial charge in [0, 0.05) is 24.9 Å². The van der Waals surface area contributed by atoms with Crippen LogP contribution in [0.2, 0.25) is 5.02 Å². The first-order chi connectivity index (χ1) is 11.7. The highest BCUT2D eigenvalue weighted by Gasteiger charge is 2.14. The standard InChI is InChI=1S/C18H22ClN3O2.2ClH/c19-15-4-2-1-3-14(15)16-12-22-18(24-16)6-5-17(23)21-10-8-13-7-9-20-11-13;;/h1-4,12-13,20H,5-11H2,(H,21,23);2*1H. The van der Waals surface area contributed by atoms with E-state index in [9.17, 15) is 4.79 Å². The second kappa shape index (κ2) is 11.4. The minimum Gasteiger partial charge on any atom is -0.441 e. The maximum absolute atomic E-state index is 11.9. The van der Waals surface area contributed by atoms with Gasteiger partial charge < -0.3 is 15.1 Å². The molecule has 1 aliphatic rings. The van der Waals surface area contributed by atoms with Crippen molar-refractivity contribution >= 4 is 42.3 Å². The summed E-state index contributed by atoms with van der Waals surface area (Å²) >= 11 is 6.15. The van der Waals surface area contributed by atoms with E-state index in [0.29, 0.717) is 35.4 Å². The lowest BCUT2D eigenvalue weighted by molar-refractivity contribution is -0.121. The Bertz CT molecular complexity index is 688. The predicted octanol–water partition coefficient (Wildman–Crippen LogP) is 3.89. The largest absolute Gasteiger partial charge is 0.441 e. The summed E-state index contributed by atoms with van der Waals surface area (Å²) in [6, 6.07) is 7.47. The smallest absolute Gasteiger partial charge is 0.220 e. The van der Waals surface area contributed by atoms with Gasteiger partial charge in [-0.05, 0) is 44.0 Å². The van der Waals surface area contributed by atoms with E-state index < -0.39 is 0 Å². The van der Waals surface area contributed by atoms with Gasteiger partial charge in [0.05, 0.1) is 11.2 Å². The van der Waals surface area contributed by atoms with Crippen molar-refractivity contribution in [2.75, 3.05) is 19.6 Å². The summed E-state index contributed by atoms with van der Waals surface area (Å²) in [7, 11) is 0. The van der Waals surface area contributed by atoms with Crippen molar-refractivity contribution in [3.63, 3.8) is 0 Å². The zero-order valence-corrected chi connectivity index (χ0v) is 16.8. The number of aromatic nitrogens is 1. The molecule has 0 spiro atoms. The molecule has 2 aromatic rings. The molecule has 3 rings (SSSR count). The Morgan fingerprint density at radius 1 is 1.35 bits per heavy atom. The molecule has 0 radical (unpaired) electrons. The van der Waals surface area contributed by atoms with Gasteiger partial charge >= 0.3 is 0 Å². The molecule has 2 heterocycles. The highest BCUT2D eigenvalue weighted by atomic mass is 35.5. The van der Waals surface area contributed by atoms with Crippen LogP contribution in [0.1, 0.15) is 25.2 Å². The lowest BCUT2D eigenvalue weighted by Gasteiger charge is -2.08. The molecule has 1 amide bonds. The summed E-state index contributed by atoms with van der Waals surface area (Å²) in [6.45, 7) is 2.90. The average Bonchev–Trinajstić information content (AvgIpc) is 3.25. The molecule has 1 aromatic heterocycles. The molecule has 8 heteroatoms. The van der Waals surface area contributed by atoms with Crippen molar-refractivity contribution in [1.82, 2.24) is 15.6 Å². The van der Waals surface area contributed by atoms with Gasteiger partial charge in [-0.25, -0.2) is 4.98 Å². The number of rotatable bonds is 7. The number of carbonyl (C=O) groups excluding carboxylic acids is 1. The van der Waals surface area contributed by atoms with Gasteiger partial charge in [0.1, 0.15) is 0 Å². The van der Waals surface area contributed by atoms with E-state index in [1.165, 1.54) is 6.42 Å². The van der Waals surface area contributed by atoms with Crippen LogP contribution in [-0.4, -0.2) is 30.5 Å². The zero-order valence-electron chi connectivity index (χ0n) is 14.4. The molecule has 1 atom stereocenters. The fourth-order valence-corrected chi connectivity index (χ4v) is 3.13. The van der Waals surface area contributed by atoms with Gasteiger partial charge in [-0.3, -0.25) is 4.79 Å². The molecule has 144 valence electrons. The summed E-state index contributed by atoms with van der Waals surface area (Å²) in [5.41, 5.74) is 0.813. The first-order valence-electron chi connectivity index (χ1n) is 8.39. The molecular weight excluding hydrogens is 397 g/mol. The van der Waals surface area contributed by atoms with E-state index in [1.807, 2.05) is 24.3 Å². The third-order valence-corrected chi connectivity index (χ3v) is 4.63. The first-order valence-corrected chi connectivity index (χ1v) is 8.77. The Morgan fingerprint density at radius 3 is 2.88 bits per heavy atom. The number of oxazole rings is 1. The summed E-state index contributed by atoms with van der Waals surface area (Å²) in [4.78, 5) is 16.1. The molecule has 1 saturated heterocycles. The number of hydrogen-bond donors (Lipinski definition) is 2. The monoisotopic (exact) mass is 419 g/mol. The minimum atomic E-state index is 0. The normalized spacial score (nSPS) is 15.8. The van der Waals surface area contributed by atoms with Crippen molar-refractivity contribution in [1.29, 1.82) is 0 Å². The van der Waals surface area contributed by atoms with E-state index in [-0.39, 0.29) is 30.7 Å². The molecule has 2 N–H and O–H groups in total. The van der Waals surface area contributed by atoms with Gasteiger partial charge in [-0.15, -0.1) is 24.8 Å². The number of nitrogens with zero attached hydrogens (tertiary/aromatic N) is 1. The van der Waals surface area contributed by atoms with E-state index in [1.54, 1.807) is 6.20 Å². The van der Waals surface area contributed by atoms with Crippen LogP contribution in [0.5, 0.6) is 0 Å². The zero-order chi connectivity index (χ0) is 16.8. The lowest BCUT2D eigenvalue weighted by atomic mass is 10.1. The lowest BCUT2D eigenvalue weighted by Crippen LogP contribution is -2.26. The van der Waals surface area contributed by atoms with Crippen molar-refractivity contribution in [2.24, 2.45) is 5.92 Å². The Balaban J connectivity index is 0.00000169. The molecule has 1 aromatic carbocycles. The van der Waals surface area contributed by atoms with Crippen LogP contribution in [0.4, 0.5) is 0 Å². The second-order valence-corrected chi connectivity index (χ2v) is 6.50. The van der Waals surface area contributed by atoms with Crippen LogP contribution in [0.15, 0.2) is 34.9 Å². The number of hydrogen-bond acceptors (Lipinski definition) is 4. The Morgan fingerprint density at radius 2 is 2.15 bits per heavy atom. The van der Waals surface area contributed by atoms with Crippen LogP contribution in [0, 0.1) is 5.92 Å². The van der Waals surface area contributed by atoms with Gasteiger partial charge in [-0.2, -0.15) is 0 Å². The molecule has 1 fully saturated rings. The predicted molar refractivity (Wildman–Crippen MR) is 108 cm³/mol. The summed E-state index contributed by atoms with van der Waals surface area (Å²) in [5, 5.41) is 6.93. The van der Waals surface area contributed by atoms with Crippen LogP contribution >= 0.6 is 36.4 Å². The quantitative estimate of drug-likeness (QED) is 0.713. The highest BCUT2D eigenvalue weighted by Crippen LogP contribution is 2.28. The molecule has 0 bridgehead atoms. The summed E-state index contributed by atoms with van der Waals surface area (Å²) in [5.74, 6) is 1.92. The second-order valence-electron chi connectivity index (χ2n) is 6.10. The van der Waals surface area contributed by atoms with Crippen molar-refractivity contribution in [3.05, 3.63) is 41.4 Å². The summed E-state index contributed by atoms with van der Waals surface area (Å²) < 4.78 is 5.70. The minimum absolute atomic E-state index is 0. The first kappa shape index (κ1) is 22.8. The molecule has 0 aliphatic carbocycles. The van der Waals surface area contributed by atoms with E-state index >= 15 is 0 Å². The fraction of sp³-hybridized carbons (Fsp3) is 0.444. The van der Waals surface area contributed by atoms with Crippen LogP contribution < -0.4 is 10.6 Å². The third kappa shape index (κ3) is 6.47. The highest BCUT2D eigenvalue weighted by molar-refractivity contribution is 6.33. The number of carbonyl (C=O) groups is 1. The molecular formula is C18H24Cl3N3O2. The number of halogens is 3. The van der Waals surface area contributed by atoms with Crippen molar-refractivity contribution < 1.29 is 9.21 Å². The van der Waals surface area contributed by atoms with E-state index in [4.69, 9.17) is 16.0 Å². The van der Waals surface area contributed by atoms with Gasteiger partial charge in [0.2, 0.25) is 5.91 Å². The Kier molecular flexibility index (Phi) is 10.0. The maximum Gasteiger partial charge on any atom is 0.220 e. The van der Waals surface area contributed by atoms with Crippen LogP contribution in [0.25, 0.3) is 11.3 Å². The van der Waals surface area contributed by atoms with Gasteiger partial charge in [0.25, 0.3) is 0 Å². The number of benzene rings is 1. The Labute approximate surface area is 171 Å².